The summed E-state index contributed by atoms with van der Waals surface area (Å²) in [5, 5.41) is 3.27. The van der Waals surface area contributed by atoms with Crippen molar-refractivity contribution in [1.82, 2.24) is 10.2 Å². The zero-order chi connectivity index (χ0) is 13.7. The molecule has 104 valence electrons. The van der Waals surface area contributed by atoms with E-state index in [2.05, 4.69) is 16.3 Å². The number of likely N-dealkylation sites (tertiary alicyclic amines) is 1. The molecule has 1 heterocycles. The van der Waals surface area contributed by atoms with Gasteiger partial charge in [0.2, 0.25) is 5.91 Å². The highest BCUT2D eigenvalue weighted by Crippen LogP contribution is 2.19. The van der Waals surface area contributed by atoms with E-state index in [-0.39, 0.29) is 5.91 Å². The van der Waals surface area contributed by atoms with Crippen molar-refractivity contribution in [3.63, 3.8) is 0 Å². The lowest BCUT2D eigenvalue weighted by atomic mass is 10.0. The highest BCUT2D eigenvalue weighted by Gasteiger charge is 2.21. The van der Waals surface area contributed by atoms with Gasteiger partial charge in [-0.15, -0.1) is 0 Å². The fraction of sp³-hybridized carbons (Fsp3) is 0.533. The minimum atomic E-state index is -0.354. The van der Waals surface area contributed by atoms with Gasteiger partial charge in [0.15, 0.2) is 0 Å². The second kappa shape index (κ2) is 6.68. The van der Waals surface area contributed by atoms with E-state index in [1.54, 1.807) is 6.07 Å². The zero-order valence-electron chi connectivity index (χ0n) is 11.6. The Labute approximate surface area is 115 Å². The number of likely N-dealkylation sites (N-methyl/N-ethyl adjacent to an activating group) is 1. The van der Waals surface area contributed by atoms with Gasteiger partial charge >= 0.3 is 0 Å². The molecule has 1 aliphatic rings. The fourth-order valence-corrected chi connectivity index (χ4v) is 2.79. The maximum absolute atomic E-state index is 11.2. The van der Waals surface area contributed by atoms with E-state index in [1.165, 1.54) is 24.8 Å². The van der Waals surface area contributed by atoms with Gasteiger partial charge in [-0.05, 0) is 44.1 Å². The molecule has 1 amide bonds. The normalized spacial score (nSPS) is 20.4. The van der Waals surface area contributed by atoms with Crippen LogP contribution in [-0.4, -0.2) is 37.0 Å². The van der Waals surface area contributed by atoms with Gasteiger partial charge in [0.05, 0.1) is 0 Å². The van der Waals surface area contributed by atoms with Gasteiger partial charge in [-0.3, -0.25) is 9.69 Å². The molecular weight excluding hydrogens is 238 g/mol. The van der Waals surface area contributed by atoms with Crippen LogP contribution in [0.2, 0.25) is 0 Å². The number of piperidine rings is 1. The number of carbonyl (C=O) groups excluding carboxylic acids is 1. The van der Waals surface area contributed by atoms with E-state index < -0.39 is 0 Å². The van der Waals surface area contributed by atoms with E-state index in [1.807, 2.05) is 19.2 Å². The second-order valence-electron chi connectivity index (χ2n) is 5.24. The molecule has 0 saturated carbocycles. The van der Waals surface area contributed by atoms with Crippen molar-refractivity contribution in [1.29, 1.82) is 0 Å². The quantitative estimate of drug-likeness (QED) is 0.841. The second-order valence-corrected chi connectivity index (χ2v) is 5.24. The van der Waals surface area contributed by atoms with Crippen LogP contribution in [0.4, 0.5) is 0 Å². The Hall–Kier alpha value is -1.39. The minimum absolute atomic E-state index is 0.354. The fourth-order valence-electron chi connectivity index (χ4n) is 2.79. The summed E-state index contributed by atoms with van der Waals surface area (Å²) in [6.45, 7) is 3.05. The first-order valence-electron chi connectivity index (χ1n) is 6.98. The predicted molar refractivity (Wildman–Crippen MR) is 76.9 cm³/mol. The third-order valence-electron chi connectivity index (χ3n) is 3.79. The maximum Gasteiger partial charge on any atom is 0.248 e. The van der Waals surface area contributed by atoms with E-state index in [0.717, 1.165) is 19.6 Å². The van der Waals surface area contributed by atoms with Crippen LogP contribution >= 0.6 is 0 Å². The van der Waals surface area contributed by atoms with Crippen LogP contribution in [0.15, 0.2) is 24.3 Å². The Kier molecular flexibility index (Phi) is 4.93. The summed E-state index contributed by atoms with van der Waals surface area (Å²) in [5.74, 6) is -0.354. The van der Waals surface area contributed by atoms with Crippen LogP contribution in [-0.2, 0) is 6.54 Å². The molecule has 0 aliphatic carbocycles. The van der Waals surface area contributed by atoms with Crippen molar-refractivity contribution in [2.45, 2.75) is 31.8 Å². The Balaban J connectivity index is 2.06. The summed E-state index contributed by atoms with van der Waals surface area (Å²) in [7, 11) is 2.00. The number of nitrogens with one attached hydrogen (secondary N) is 1. The number of hydrogen-bond donors (Lipinski definition) is 2. The first-order chi connectivity index (χ1) is 9.20. The van der Waals surface area contributed by atoms with Crippen LogP contribution in [0.5, 0.6) is 0 Å². The van der Waals surface area contributed by atoms with Gasteiger partial charge in [-0.25, -0.2) is 0 Å². The number of nitrogens with two attached hydrogens (primary N) is 1. The molecule has 0 radical (unpaired) electrons. The van der Waals surface area contributed by atoms with Crippen LogP contribution in [0.1, 0.15) is 35.2 Å². The summed E-state index contributed by atoms with van der Waals surface area (Å²) < 4.78 is 0. The van der Waals surface area contributed by atoms with Gasteiger partial charge in [-0.1, -0.05) is 18.6 Å². The topological polar surface area (TPSA) is 58.4 Å². The predicted octanol–water partition coefficient (Wildman–Crippen LogP) is 1.36. The summed E-state index contributed by atoms with van der Waals surface area (Å²) in [4.78, 5) is 13.7. The molecule has 1 saturated heterocycles. The lowest BCUT2D eigenvalue weighted by Gasteiger charge is -2.35. The van der Waals surface area contributed by atoms with Crippen molar-refractivity contribution in [2.75, 3.05) is 20.1 Å². The SMILES string of the molecule is CNCC1CCCCN1Cc1cccc(C(N)=O)c1. The Morgan fingerprint density at radius 3 is 3.05 bits per heavy atom. The molecular formula is C15H23N3O. The number of rotatable bonds is 5. The van der Waals surface area contributed by atoms with Crippen LogP contribution in [0.25, 0.3) is 0 Å². The molecule has 1 unspecified atom stereocenters. The van der Waals surface area contributed by atoms with Gasteiger partial charge < -0.3 is 11.1 Å². The highest BCUT2D eigenvalue weighted by molar-refractivity contribution is 5.92. The zero-order valence-corrected chi connectivity index (χ0v) is 11.6. The number of carbonyl (C=O) groups is 1. The smallest absolute Gasteiger partial charge is 0.248 e. The lowest BCUT2D eigenvalue weighted by molar-refractivity contribution is 0.1000. The van der Waals surface area contributed by atoms with Gasteiger partial charge in [0.1, 0.15) is 0 Å². The number of benzene rings is 1. The standard InChI is InChI=1S/C15H23N3O/c1-17-10-14-7-2-3-8-18(14)11-12-5-4-6-13(9-12)15(16)19/h4-6,9,14,17H,2-3,7-8,10-11H2,1H3,(H2,16,19). The van der Waals surface area contributed by atoms with E-state index in [0.29, 0.717) is 11.6 Å². The number of primary amides is 1. The summed E-state index contributed by atoms with van der Waals surface area (Å²) >= 11 is 0. The van der Waals surface area contributed by atoms with Crippen molar-refractivity contribution in [3.8, 4) is 0 Å². The molecule has 0 bridgehead atoms. The van der Waals surface area contributed by atoms with E-state index in [4.69, 9.17) is 5.73 Å². The molecule has 19 heavy (non-hydrogen) atoms. The van der Waals surface area contributed by atoms with E-state index >= 15 is 0 Å². The molecule has 3 N–H and O–H groups in total. The molecule has 2 rings (SSSR count). The molecule has 4 heteroatoms. The van der Waals surface area contributed by atoms with Gasteiger partial charge in [-0.2, -0.15) is 0 Å². The maximum atomic E-state index is 11.2. The lowest BCUT2D eigenvalue weighted by Crippen LogP contribution is -2.44. The molecule has 0 aromatic heterocycles. The van der Waals surface area contributed by atoms with Crippen molar-refractivity contribution in [2.24, 2.45) is 5.73 Å². The minimum Gasteiger partial charge on any atom is -0.366 e. The van der Waals surface area contributed by atoms with Crippen LogP contribution in [0.3, 0.4) is 0 Å². The van der Waals surface area contributed by atoms with Crippen molar-refractivity contribution >= 4 is 5.91 Å². The van der Waals surface area contributed by atoms with Crippen LogP contribution in [0, 0.1) is 0 Å². The number of hydrogen-bond acceptors (Lipinski definition) is 3. The third kappa shape index (κ3) is 3.78. The number of nitrogens with zero attached hydrogens (tertiary/aromatic N) is 1. The van der Waals surface area contributed by atoms with Crippen molar-refractivity contribution < 1.29 is 4.79 Å². The Bertz CT molecular complexity index is 431. The van der Waals surface area contributed by atoms with Gasteiger partial charge in [0.25, 0.3) is 0 Å². The Morgan fingerprint density at radius 2 is 2.32 bits per heavy atom. The highest BCUT2D eigenvalue weighted by atomic mass is 16.1. The monoisotopic (exact) mass is 261 g/mol. The Morgan fingerprint density at radius 1 is 1.47 bits per heavy atom. The van der Waals surface area contributed by atoms with Gasteiger partial charge in [0, 0.05) is 24.7 Å². The summed E-state index contributed by atoms with van der Waals surface area (Å²) in [5.41, 5.74) is 7.09. The molecule has 0 spiro atoms. The average Bonchev–Trinajstić information content (AvgIpc) is 2.41. The molecule has 4 nitrogen and oxygen atoms in total. The molecule has 1 fully saturated rings. The molecule has 1 aliphatic heterocycles. The van der Waals surface area contributed by atoms with E-state index in [9.17, 15) is 4.79 Å². The largest absolute Gasteiger partial charge is 0.366 e. The molecule has 1 aromatic carbocycles. The molecule has 1 aromatic rings. The number of amides is 1. The third-order valence-corrected chi connectivity index (χ3v) is 3.79. The van der Waals surface area contributed by atoms with Crippen LogP contribution < -0.4 is 11.1 Å². The molecule has 1 atom stereocenters. The summed E-state index contributed by atoms with van der Waals surface area (Å²) in [6, 6.07) is 8.25. The average molecular weight is 261 g/mol. The first kappa shape index (κ1) is 14.0. The first-order valence-corrected chi connectivity index (χ1v) is 6.98. The van der Waals surface area contributed by atoms with Crippen molar-refractivity contribution in [3.05, 3.63) is 35.4 Å². The summed E-state index contributed by atoms with van der Waals surface area (Å²) in [6.07, 6.45) is 3.82.